The molecule has 0 bridgehead atoms. The minimum Gasteiger partial charge on any atom is -0.489 e. The molecule has 3 aromatic rings. The lowest BCUT2D eigenvalue weighted by Gasteiger charge is -2.31. The molecule has 6 heteroatoms. The molecule has 4 rings (SSSR count). The summed E-state index contributed by atoms with van der Waals surface area (Å²) in [6.45, 7) is 4.87. The van der Waals surface area contributed by atoms with Crippen molar-refractivity contribution in [1.29, 1.82) is 0 Å². The van der Waals surface area contributed by atoms with Crippen LogP contribution < -0.4 is 15.0 Å². The summed E-state index contributed by atoms with van der Waals surface area (Å²) in [5.74, 6) is 2.90. The third-order valence-electron chi connectivity index (χ3n) is 4.89. The van der Waals surface area contributed by atoms with Gasteiger partial charge in [-0.2, -0.15) is 10.1 Å². The van der Waals surface area contributed by atoms with Crippen LogP contribution in [0.3, 0.4) is 0 Å². The van der Waals surface area contributed by atoms with Crippen molar-refractivity contribution in [3.63, 3.8) is 0 Å². The molecule has 2 aromatic carbocycles. The van der Waals surface area contributed by atoms with E-state index >= 15 is 0 Å². The van der Waals surface area contributed by atoms with Gasteiger partial charge in [0.2, 0.25) is 5.95 Å². The third kappa shape index (κ3) is 4.76. The smallest absolute Gasteiger partial charge is 0.249 e. The topological polar surface area (TPSA) is 63.2 Å². The van der Waals surface area contributed by atoms with Crippen molar-refractivity contribution >= 4 is 17.5 Å². The number of hydrogen-bond acceptors (Lipinski definition) is 6. The molecule has 1 atom stereocenters. The first kappa shape index (κ1) is 18.2. The maximum atomic E-state index is 5.83. The Morgan fingerprint density at radius 1 is 1.11 bits per heavy atom. The monoisotopic (exact) mass is 375 g/mol. The first-order chi connectivity index (χ1) is 13.8. The van der Waals surface area contributed by atoms with Crippen molar-refractivity contribution in [2.75, 3.05) is 23.3 Å². The summed E-state index contributed by atoms with van der Waals surface area (Å²) in [5.41, 5.74) is 2.05. The van der Waals surface area contributed by atoms with E-state index in [1.165, 1.54) is 12.8 Å². The standard InChI is InChI=1S/C22H25N5O/c1-17-6-5-13-27(15-17)21-14-23-26-22(25-21)24-19-9-11-20(12-10-19)28-16-18-7-3-2-4-8-18/h2-4,7-12,14,17H,5-6,13,15-16H2,1H3,(H,24,25,26). The van der Waals surface area contributed by atoms with Crippen molar-refractivity contribution < 1.29 is 4.74 Å². The van der Waals surface area contributed by atoms with E-state index in [4.69, 9.17) is 4.74 Å². The summed E-state index contributed by atoms with van der Waals surface area (Å²) in [5, 5.41) is 11.5. The van der Waals surface area contributed by atoms with Crippen molar-refractivity contribution in [3.8, 4) is 5.75 Å². The molecule has 1 aromatic heterocycles. The molecule has 0 amide bonds. The Bertz CT molecular complexity index is 885. The van der Waals surface area contributed by atoms with Gasteiger partial charge in [-0.3, -0.25) is 0 Å². The van der Waals surface area contributed by atoms with Gasteiger partial charge in [-0.25, -0.2) is 0 Å². The second kappa shape index (κ2) is 8.69. The Labute approximate surface area is 165 Å². The summed E-state index contributed by atoms with van der Waals surface area (Å²) in [4.78, 5) is 6.92. The van der Waals surface area contributed by atoms with Crippen LogP contribution in [-0.2, 0) is 6.61 Å². The van der Waals surface area contributed by atoms with E-state index in [1.54, 1.807) is 6.20 Å². The molecule has 28 heavy (non-hydrogen) atoms. The quantitative estimate of drug-likeness (QED) is 0.688. The Balaban J connectivity index is 1.37. The van der Waals surface area contributed by atoms with Crippen LogP contribution in [0.2, 0.25) is 0 Å². The molecule has 144 valence electrons. The molecule has 6 nitrogen and oxygen atoms in total. The summed E-state index contributed by atoms with van der Waals surface area (Å²) < 4.78 is 5.83. The van der Waals surface area contributed by atoms with Crippen molar-refractivity contribution in [3.05, 3.63) is 66.4 Å². The number of ether oxygens (including phenoxy) is 1. The number of anilines is 3. The van der Waals surface area contributed by atoms with Crippen molar-refractivity contribution in [2.24, 2.45) is 5.92 Å². The highest BCUT2D eigenvalue weighted by Gasteiger charge is 2.18. The molecule has 0 saturated carbocycles. The zero-order valence-electron chi connectivity index (χ0n) is 16.1. The molecule has 1 N–H and O–H groups in total. The van der Waals surface area contributed by atoms with E-state index in [1.807, 2.05) is 42.5 Å². The van der Waals surface area contributed by atoms with E-state index in [0.717, 1.165) is 35.9 Å². The van der Waals surface area contributed by atoms with E-state index < -0.39 is 0 Å². The zero-order chi connectivity index (χ0) is 19.2. The van der Waals surface area contributed by atoms with Crippen LogP contribution in [0.5, 0.6) is 5.75 Å². The Morgan fingerprint density at radius 2 is 1.93 bits per heavy atom. The maximum absolute atomic E-state index is 5.83. The van der Waals surface area contributed by atoms with Gasteiger partial charge in [0.25, 0.3) is 0 Å². The molecule has 1 fully saturated rings. The fourth-order valence-electron chi connectivity index (χ4n) is 3.40. The second-order valence-corrected chi connectivity index (χ2v) is 7.26. The van der Waals surface area contributed by atoms with Gasteiger partial charge >= 0.3 is 0 Å². The molecule has 0 aliphatic carbocycles. The number of nitrogens with one attached hydrogen (secondary N) is 1. The molecular weight excluding hydrogens is 350 g/mol. The van der Waals surface area contributed by atoms with Gasteiger partial charge in [0, 0.05) is 18.8 Å². The molecule has 1 aliphatic rings. The Morgan fingerprint density at radius 3 is 2.71 bits per heavy atom. The van der Waals surface area contributed by atoms with Gasteiger partial charge in [0.15, 0.2) is 5.82 Å². The van der Waals surface area contributed by atoms with Crippen LogP contribution in [0.1, 0.15) is 25.3 Å². The number of benzene rings is 2. The molecule has 1 unspecified atom stereocenters. The van der Waals surface area contributed by atoms with Crippen molar-refractivity contribution in [1.82, 2.24) is 15.2 Å². The van der Waals surface area contributed by atoms with E-state index in [-0.39, 0.29) is 0 Å². The highest BCUT2D eigenvalue weighted by atomic mass is 16.5. The highest BCUT2D eigenvalue weighted by Crippen LogP contribution is 2.23. The summed E-state index contributed by atoms with van der Waals surface area (Å²) in [6.07, 6.45) is 4.21. The van der Waals surface area contributed by atoms with Gasteiger partial charge in [-0.15, -0.1) is 5.10 Å². The Hall–Kier alpha value is -3.15. The maximum Gasteiger partial charge on any atom is 0.249 e. The van der Waals surface area contributed by atoms with E-state index in [0.29, 0.717) is 18.5 Å². The number of rotatable bonds is 6. The average Bonchev–Trinajstić information content (AvgIpc) is 2.74. The molecule has 1 saturated heterocycles. The number of hydrogen-bond donors (Lipinski definition) is 1. The van der Waals surface area contributed by atoms with Crippen LogP contribution in [0.25, 0.3) is 0 Å². The fourth-order valence-corrected chi connectivity index (χ4v) is 3.40. The predicted octanol–water partition coefficient (Wildman–Crippen LogP) is 4.43. The second-order valence-electron chi connectivity index (χ2n) is 7.26. The van der Waals surface area contributed by atoms with Gasteiger partial charge in [-0.05, 0) is 48.6 Å². The Kier molecular flexibility index (Phi) is 5.66. The molecule has 1 aliphatic heterocycles. The van der Waals surface area contributed by atoms with Crippen LogP contribution in [0.15, 0.2) is 60.8 Å². The minimum atomic E-state index is 0.508. The van der Waals surface area contributed by atoms with Crippen LogP contribution in [0.4, 0.5) is 17.5 Å². The van der Waals surface area contributed by atoms with Crippen LogP contribution in [-0.4, -0.2) is 28.3 Å². The molecule has 2 heterocycles. The van der Waals surface area contributed by atoms with E-state index in [2.05, 4.69) is 44.5 Å². The first-order valence-electron chi connectivity index (χ1n) is 9.75. The van der Waals surface area contributed by atoms with E-state index in [9.17, 15) is 0 Å². The zero-order valence-corrected chi connectivity index (χ0v) is 16.1. The first-order valence-corrected chi connectivity index (χ1v) is 9.75. The molecule has 0 radical (unpaired) electrons. The SMILES string of the molecule is CC1CCCN(c2cnnc(Nc3ccc(OCc4ccccc4)cc3)n2)C1. The fraction of sp³-hybridized carbons (Fsp3) is 0.318. The molecule has 0 spiro atoms. The number of aromatic nitrogens is 3. The summed E-state index contributed by atoms with van der Waals surface area (Å²) in [6, 6.07) is 17.9. The molecular formula is C22H25N5O. The lowest BCUT2D eigenvalue weighted by Crippen LogP contribution is -2.35. The predicted molar refractivity (Wildman–Crippen MR) is 111 cm³/mol. The van der Waals surface area contributed by atoms with Gasteiger partial charge in [0.1, 0.15) is 12.4 Å². The van der Waals surface area contributed by atoms with Gasteiger partial charge in [0.05, 0.1) is 6.20 Å². The lowest BCUT2D eigenvalue weighted by molar-refractivity contribution is 0.306. The van der Waals surface area contributed by atoms with Crippen molar-refractivity contribution in [2.45, 2.75) is 26.4 Å². The minimum absolute atomic E-state index is 0.508. The lowest BCUT2D eigenvalue weighted by atomic mass is 10.0. The van der Waals surface area contributed by atoms with Gasteiger partial charge < -0.3 is 15.0 Å². The average molecular weight is 375 g/mol. The highest BCUT2D eigenvalue weighted by molar-refractivity contribution is 5.55. The number of nitrogens with zero attached hydrogens (tertiary/aromatic N) is 4. The van der Waals surface area contributed by atoms with Gasteiger partial charge in [-0.1, -0.05) is 37.3 Å². The summed E-state index contributed by atoms with van der Waals surface area (Å²) in [7, 11) is 0. The van der Waals surface area contributed by atoms with Crippen LogP contribution in [0, 0.1) is 5.92 Å². The largest absolute Gasteiger partial charge is 0.489 e. The summed E-state index contributed by atoms with van der Waals surface area (Å²) >= 11 is 0. The third-order valence-corrected chi connectivity index (χ3v) is 4.89. The normalized spacial score (nSPS) is 16.6. The number of piperidine rings is 1. The van der Waals surface area contributed by atoms with Crippen LogP contribution >= 0.6 is 0 Å².